The summed E-state index contributed by atoms with van der Waals surface area (Å²) in [6.45, 7) is 9.62. The minimum Gasteiger partial charge on any atom is -0.373 e. The second kappa shape index (κ2) is 5.74. The molecule has 2 N–H and O–H groups in total. The fourth-order valence-electron chi connectivity index (χ4n) is 4.09. The van der Waals surface area contributed by atoms with E-state index in [1.54, 1.807) is 0 Å². The maximum Gasteiger partial charge on any atom is 0.0953 e. The van der Waals surface area contributed by atoms with Gasteiger partial charge in [-0.3, -0.25) is 9.80 Å². The highest BCUT2D eigenvalue weighted by molar-refractivity contribution is 8.01. The van der Waals surface area contributed by atoms with Gasteiger partial charge in [-0.15, -0.1) is 11.8 Å². The van der Waals surface area contributed by atoms with Gasteiger partial charge in [0, 0.05) is 58.1 Å². The summed E-state index contributed by atoms with van der Waals surface area (Å²) in [6.07, 6.45) is 0.240. The average Bonchev–Trinajstić information content (AvgIpc) is 2.54. The Kier molecular flexibility index (Phi) is 3.96. The highest BCUT2D eigenvalue weighted by atomic mass is 32.2. The molecule has 112 valence electrons. The number of nitrogens with one attached hydrogen (secondary N) is 2. The Morgan fingerprint density at radius 2 is 2.10 bits per heavy atom. The zero-order chi connectivity index (χ0) is 13.4. The van der Waals surface area contributed by atoms with Crippen molar-refractivity contribution in [2.75, 3.05) is 64.7 Å². The predicted molar refractivity (Wildman–Crippen MR) is 80.8 cm³/mol. The molecular formula is C14H24N4OS. The van der Waals surface area contributed by atoms with Crippen LogP contribution >= 0.6 is 11.8 Å². The van der Waals surface area contributed by atoms with Crippen molar-refractivity contribution in [1.29, 1.82) is 0 Å². The number of thioether (sulfide) groups is 1. The third-order valence-electron chi connectivity index (χ3n) is 5.12. The molecule has 4 heterocycles. The molecule has 3 unspecified atom stereocenters. The minimum atomic E-state index is -0.0382. The summed E-state index contributed by atoms with van der Waals surface area (Å²) in [6, 6.07) is 0.492. The molecule has 5 nitrogen and oxygen atoms in total. The van der Waals surface area contributed by atoms with Crippen molar-refractivity contribution in [2.24, 2.45) is 0 Å². The fourth-order valence-corrected chi connectivity index (χ4v) is 5.08. The first kappa shape index (κ1) is 13.8. The molecule has 6 heteroatoms. The Labute approximate surface area is 125 Å². The van der Waals surface area contributed by atoms with Crippen LogP contribution in [-0.2, 0) is 4.74 Å². The van der Waals surface area contributed by atoms with E-state index < -0.39 is 0 Å². The number of hydrogen-bond acceptors (Lipinski definition) is 6. The fraction of sp³-hybridized carbons (Fsp3) is 0.929. The van der Waals surface area contributed by atoms with Crippen molar-refractivity contribution in [3.05, 3.63) is 5.75 Å². The minimum absolute atomic E-state index is 0.0382. The molecule has 4 rings (SSSR count). The second-order valence-corrected chi connectivity index (χ2v) is 7.04. The molecule has 0 aliphatic carbocycles. The van der Waals surface area contributed by atoms with Crippen LogP contribution in [0.1, 0.15) is 0 Å². The van der Waals surface area contributed by atoms with E-state index in [0.29, 0.717) is 6.04 Å². The Morgan fingerprint density at radius 3 is 3.10 bits per heavy atom. The maximum absolute atomic E-state index is 6.31. The molecule has 20 heavy (non-hydrogen) atoms. The zero-order valence-electron chi connectivity index (χ0n) is 11.9. The molecule has 2 radical (unpaired) electrons. The third-order valence-corrected chi connectivity index (χ3v) is 6.01. The van der Waals surface area contributed by atoms with Crippen molar-refractivity contribution in [2.45, 2.75) is 17.7 Å². The van der Waals surface area contributed by atoms with E-state index in [2.05, 4.69) is 26.2 Å². The van der Waals surface area contributed by atoms with E-state index in [4.69, 9.17) is 4.74 Å². The van der Waals surface area contributed by atoms with Gasteiger partial charge in [0.15, 0.2) is 0 Å². The topological polar surface area (TPSA) is 39.8 Å². The molecule has 4 saturated heterocycles. The van der Waals surface area contributed by atoms with Crippen molar-refractivity contribution in [3.8, 4) is 0 Å². The van der Waals surface area contributed by atoms with Gasteiger partial charge in [-0.05, 0) is 0 Å². The Hall–Kier alpha value is 0.150. The van der Waals surface area contributed by atoms with Gasteiger partial charge in [0.2, 0.25) is 0 Å². The SMILES string of the molecule is [C]1SCCN2CCNCC12C1OCCN2CCNCC12. The van der Waals surface area contributed by atoms with Crippen LogP contribution < -0.4 is 10.6 Å². The van der Waals surface area contributed by atoms with Gasteiger partial charge in [-0.25, -0.2) is 0 Å². The first-order chi connectivity index (χ1) is 9.90. The van der Waals surface area contributed by atoms with Crippen LogP contribution in [0.5, 0.6) is 0 Å². The largest absolute Gasteiger partial charge is 0.373 e. The number of rotatable bonds is 1. The van der Waals surface area contributed by atoms with Gasteiger partial charge >= 0.3 is 0 Å². The van der Waals surface area contributed by atoms with Crippen molar-refractivity contribution in [3.63, 3.8) is 0 Å². The number of ether oxygens (including phenoxy) is 1. The highest BCUT2D eigenvalue weighted by Gasteiger charge is 2.53. The molecule has 4 aliphatic rings. The summed E-state index contributed by atoms with van der Waals surface area (Å²) in [4.78, 5) is 5.23. The molecule has 0 spiro atoms. The van der Waals surface area contributed by atoms with E-state index >= 15 is 0 Å². The zero-order valence-corrected chi connectivity index (χ0v) is 12.8. The summed E-state index contributed by atoms with van der Waals surface area (Å²) in [5.41, 5.74) is -0.0382. The number of piperazine rings is 2. The first-order valence-corrected chi connectivity index (χ1v) is 8.80. The monoisotopic (exact) mass is 296 g/mol. The predicted octanol–water partition coefficient (Wildman–Crippen LogP) is -0.911. The van der Waals surface area contributed by atoms with Crippen LogP contribution in [0.4, 0.5) is 0 Å². The number of nitrogens with zero attached hydrogens (tertiary/aromatic N) is 2. The van der Waals surface area contributed by atoms with E-state index in [9.17, 15) is 0 Å². The van der Waals surface area contributed by atoms with Gasteiger partial charge < -0.3 is 15.4 Å². The van der Waals surface area contributed by atoms with Crippen LogP contribution in [0.25, 0.3) is 0 Å². The summed E-state index contributed by atoms with van der Waals surface area (Å²) >= 11 is 1.86. The lowest BCUT2D eigenvalue weighted by Gasteiger charge is -2.58. The molecule has 4 aliphatic heterocycles. The molecule has 0 aromatic rings. The number of morpholine rings is 1. The lowest BCUT2D eigenvalue weighted by Crippen LogP contribution is -2.75. The highest BCUT2D eigenvalue weighted by Crippen LogP contribution is 2.39. The Bertz CT molecular complexity index is 342. The smallest absolute Gasteiger partial charge is 0.0953 e. The van der Waals surface area contributed by atoms with Crippen LogP contribution in [0, 0.1) is 5.75 Å². The van der Waals surface area contributed by atoms with Crippen molar-refractivity contribution < 1.29 is 4.74 Å². The standard InChI is InChI=1S/C14H24N4OS/c1-3-17-5-7-19-13(12(17)9-15-1)14-10-16-2-4-18(14)6-8-20-11-14/h12-13,15-16H,1-10H2. The van der Waals surface area contributed by atoms with Crippen molar-refractivity contribution in [1.82, 2.24) is 20.4 Å². The van der Waals surface area contributed by atoms with Crippen molar-refractivity contribution >= 4 is 11.8 Å². The van der Waals surface area contributed by atoms with Gasteiger partial charge in [0.05, 0.1) is 30.0 Å². The van der Waals surface area contributed by atoms with Crippen LogP contribution in [0.3, 0.4) is 0 Å². The van der Waals surface area contributed by atoms with E-state index in [0.717, 1.165) is 52.4 Å². The summed E-state index contributed by atoms with van der Waals surface area (Å²) in [7, 11) is 0. The molecule has 0 saturated carbocycles. The van der Waals surface area contributed by atoms with E-state index in [1.807, 2.05) is 11.8 Å². The van der Waals surface area contributed by atoms with E-state index in [-0.39, 0.29) is 11.6 Å². The first-order valence-electron chi connectivity index (χ1n) is 7.81. The van der Waals surface area contributed by atoms with Gasteiger partial charge in [-0.1, -0.05) is 0 Å². The third kappa shape index (κ3) is 2.21. The second-order valence-electron chi connectivity index (χ2n) is 6.14. The maximum atomic E-state index is 6.31. The molecule has 0 bridgehead atoms. The summed E-state index contributed by atoms with van der Waals surface area (Å²) in [5.74, 6) is 4.91. The number of fused-ring (bicyclic) bond motifs is 2. The van der Waals surface area contributed by atoms with Crippen LogP contribution in [0.15, 0.2) is 0 Å². The average molecular weight is 296 g/mol. The van der Waals surface area contributed by atoms with Gasteiger partial charge in [0.1, 0.15) is 0 Å². The molecule has 0 amide bonds. The molecular weight excluding hydrogens is 272 g/mol. The van der Waals surface area contributed by atoms with Crippen LogP contribution in [0.2, 0.25) is 0 Å². The molecule has 0 aromatic carbocycles. The lowest BCUT2D eigenvalue weighted by molar-refractivity contribution is -0.141. The Morgan fingerprint density at radius 1 is 1.15 bits per heavy atom. The number of hydrogen-bond donors (Lipinski definition) is 2. The summed E-state index contributed by atoms with van der Waals surface area (Å²) in [5, 5.41) is 7.13. The lowest BCUT2D eigenvalue weighted by atomic mass is 9.83. The molecule has 4 fully saturated rings. The van der Waals surface area contributed by atoms with Gasteiger partial charge in [0.25, 0.3) is 0 Å². The normalized spacial score (nSPS) is 43.8. The molecule has 0 aromatic heterocycles. The Balaban J connectivity index is 1.62. The summed E-state index contributed by atoms with van der Waals surface area (Å²) < 4.78 is 6.31. The molecule has 3 atom stereocenters. The van der Waals surface area contributed by atoms with Crippen LogP contribution in [-0.4, -0.2) is 92.2 Å². The quantitative estimate of drug-likeness (QED) is 0.653. The van der Waals surface area contributed by atoms with E-state index in [1.165, 1.54) is 12.3 Å². The van der Waals surface area contributed by atoms with Gasteiger partial charge in [-0.2, -0.15) is 0 Å².